The van der Waals surface area contributed by atoms with Crippen LogP contribution in [0.25, 0.3) is 6.08 Å². The van der Waals surface area contributed by atoms with E-state index in [4.69, 9.17) is 17.4 Å². The van der Waals surface area contributed by atoms with Crippen molar-refractivity contribution in [2.75, 3.05) is 5.32 Å². The molecule has 2 aromatic rings. The Morgan fingerprint density at radius 1 is 1.48 bits per heavy atom. The summed E-state index contributed by atoms with van der Waals surface area (Å²) in [5, 5.41) is 13.6. The summed E-state index contributed by atoms with van der Waals surface area (Å²) >= 11 is 1.25. The van der Waals surface area contributed by atoms with E-state index in [1.54, 1.807) is 29.6 Å². The SMILES string of the molecule is C#Cc1nc(NC(=O)/C(N)=C/c2ccccc2C#N)cs1. The molecule has 1 aromatic heterocycles. The zero-order valence-corrected chi connectivity index (χ0v) is 11.6. The molecule has 0 atom stereocenters. The van der Waals surface area contributed by atoms with Crippen molar-refractivity contribution in [3.05, 3.63) is 51.5 Å². The largest absolute Gasteiger partial charge is 0.394 e. The summed E-state index contributed by atoms with van der Waals surface area (Å²) in [5.74, 6) is 2.23. The van der Waals surface area contributed by atoms with E-state index in [-0.39, 0.29) is 5.70 Å². The van der Waals surface area contributed by atoms with Gasteiger partial charge in [0.15, 0.2) is 5.01 Å². The van der Waals surface area contributed by atoms with Crippen LogP contribution in [0.3, 0.4) is 0 Å². The molecular weight excluding hydrogens is 284 g/mol. The number of aromatic nitrogens is 1. The first-order valence-corrected chi connectivity index (χ1v) is 6.72. The van der Waals surface area contributed by atoms with Crippen LogP contribution in [-0.2, 0) is 4.79 Å². The van der Waals surface area contributed by atoms with E-state index in [1.807, 2.05) is 6.07 Å². The molecule has 1 heterocycles. The lowest BCUT2D eigenvalue weighted by atomic mass is 10.1. The van der Waals surface area contributed by atoms with Crippen molar-refractivity contribution >= 4 is 29.1 Å². The average Bonchev–Trinajstić information content (AvgIpc) is 2.95. The molecule has 0 aliphatic carbocycles. The van der Waals surface area contributed by atoms with Gasteiger partial charge >= 0.3 is 0 Å². The molecule has 0 fully saturated rings. The number of nitrogens with zero attached hydrogens (tertiary/aromatic N) is 2. The number of amides is 1. The van der Waals surface area contributed by atoms with Gasteiger partial charge in [-0.15, -0.1) is 17.8 Å². The number of nitrogens with two attached hydrogens (primary N) is 1. The van der Waals surface area contributed by atoms with Crippen molar-refractivity contribution in [1.29, 1.82) is 5.26 Å². The molecular formula is C15H10N4OS. The van der Waals surface area contributed by atoms with Crippen LogP contribution in [0, 0.1) is 23.7 Å². The lowest BCUT2D eigenvalue weighted by Gasteiger charge is -2.03. The second-order valence-electron chi connectivity index (χ2n) is 3.94. The van der Waals surface area contributed by atoms with Gasteiger partial charge in [0.25, 0.3) is 5.91 Å². The highest BCUT2D eigenvalue weighted by Crippen LogP contribution is 2.14. The van der Waals surface area contributed by atoms with Crippen molar-refractivity contribution in [3.63, 3.8) is 0 Å². The van der Waals surface area contributed by atoms with Crippen molar-refractivity contribution < 1.29 is 4.79 Å². The van der Waals surface area contributed by atoms with Crippen LogP contribution in [0.1, 0.15) is 16.1 Å². The average molecular weight is 294 g/mol. The van der Waals surface area contributed by atoms with Crippen LogP contribution < -0.4 is 11.1 Å². The van der Waals surface area contributed by atoms with Crippen LogP contribution in [0.5, 0.6) is 0 Å². The fourth-order valence-corrected chi connectivity index (χ4v) is 2.10. The Morgan fingerprint density at radius 3 is 2.90 bits per heavy atom. The molecule has 1 aromatic carbocycles. The minimum Gasteiger partial charge on any atom is -0.394 e. The number of nitriles is 1. The van der Waals surface area contributed by atoms with Crippen molar-refractivity contribution in [3.8, 4) is 18.4 Å². The van der Waals surface area contributed by atoms with Gasteiger partial charge in [0, 0.05) is 5.38 Å². The van der Waals surface area contributed by atoms with Gasteiger partial charge in [-0.05, 0) is 23.6 Å². The summed E-state index contributed by atoms with van der Waals surface area (Å²) < 4.78 is 0. The number of rotatable bonds is 3. The van der Waals surface area contributed by atoms with Crippen LogP contribution in [-0.4, -0.2) is 10.9 Å². The van der Waals surface area contributed by atoms with Gasteiger partial charge in [0.05, 0.1) is 17.3 Å². The summed E-state index contributed by atoms with van der Waals surface area (Å²) in [4.78, 5) is 15.9. The Balaban J connectivity index is 2.17. The standard InChI is InChI=1S/C15H10N4OS/c1-2-14-18-13(9-21-14)19-15(20)12(17)7-10-5-3-4-6-11(10)8-16/h1,3-7,9H,17H2,(H,19,20)/b12-7-. The lowest BCUT2D eigenvalue weighted by molar-refractivity contribution is -0.112. The smallest absolute Gasteiger partial charge is 0.272 e. The number of terminal acetylenes is 1. The molecule has 0 aliphatic heterocycles. The van der Waals surface area contributed by atoms with Crippen molar-refractivity contribution in [2.45, 2.75) is 0 Å². The summed E-state index contributed by atoms with van der Waals surface area (Å²) in [6.45, 7) is 0. The number of carbonyl (C=O) groups excluding carboxylic acids is 1. The minimum atomic E-state index is -0.503. The van der Waals surface area contributed by atoms with Gasteiger partial charge in [0.1, 0.15) is 5.82 Å². The molecule has 0 spiro atoms. The molecule has 6 heteroatoms. The third kappa shape index (κ3) is 3.47. The molecule has 0 unspecified atom stereocenters. The Kier molecular flexibility index (Phi) is 4.35. The van der Waals surface area contributed by atoms with E-state index < -0.39 is 5.91 Å². The molecule has 3 N–H and O–H groups in total. The third-order valence-corrected chi connectivity index (χ3v) is 3.30. The third-order valence-electron chi connectivity index (χ3n) is 2.52. The number of hydrogen-bond acceptors (Lipinski definition) is 5. The number of nitrogens with one attached hydrogen (secondary N) is 1. The topological polar surface area (TPSA) is 91.8 Å². The zero-order chi connectivity index (χ0) is 15.2. The maximum absolute atomic E-state index is 11.9. The molecule has 0 bridgehead atoms. The van der Waals surface area contributed by atoms with Crippen LogP contribution in [0.15, 0.2) is 35.3 Å². The lowest BCUT2D eigenvalue weighted by Crippen LogP contribution is -2.20. The fourth-order valence-electron chi connectivity index (χ4n) is 1.54. The molecule has 2 rings (SSSR count). The number of anilines is 1. The Morgan fingerprint density at radius 2 is 2.24 bits per heavy atom. The van der Waals surface area contributed by atoms with E-state index >= 15 is 0 Å². The van der Waals surface area contributed by atoms with E-state index in [2.05, 4.69) is 16.2 Å². The predicted octanol–water partition coefficient (Wildman–Crippen LogP) is 1.93. The molecule has 5 nitrogen and oxygen atoms in total. The van der Waals surface area contributed by atoms with E-state index in [0.29, 0.717) is 22.0 Å². The molecule has 1 amide bonds. The Labute approximate surface area is 125 Å². The van der Waals surface area contributed by atoms with Gasteiger partial charge in [-0.2, -0.15) is 5.26 Å². The van der Waals surface area contributed by atoms with Gasteiger partial charge in [-0.25, -0.2) is 4.98 Å². The van der Waals surface area contributed by atoms with Gasteiger partial charge in [0.2, 0.25) is 0 Å². The van der Waals surface area contributed by atoms with Gasteiger partial charge in [-0.3, -0.25) is 4.79 Å². The summed E-state index contributed by atoms with van der Waals surface area (Å²) in [7, 11) is 0. The Bertz CT molecular complexity index is 792. The number of carbonyl (C=O) groups is 1. The zero-order valence-electron chi connectivity index (χ0n) is 10.8. The molecule has 0 aliphatic rings. The summed E-state index contributed by atoms with van der Waals surface area (Å²) in [6.07, 6.45) is 6.65. The van der Waals surface area contributed by atoms with Gasteiger partial charge < -0.3 is 11.1 Å². The molecule has 0 saturated heterocycles. The summed E-state index contributed by atoms with van der Waals surface area (Å²) in [5.41, 5.74) is 6.73. The van der Waals surface area contributed by atoms with E-state index in [0.717, 1.165) is 0 Å². The second-order valence-corrected chi connectivity index (χ2v) is 4.79. The maximum atomic E-state index is 11.9. The normalized spacial score (nSPS) is 10.5. The quantitative estimate of drug-likeness (QED) is 0.668. The monoisotopic (exact) mass is 294 g/mol. The predicted molar refractivity (Wildman–Crippen MR) is 82.0 cm³/mol. The number of thiazole rings is 1. The van der Waals surface area contributed by atoms with E-state index in [1.165, 1.54) is 17.4 Å². The molecule has 21 heavy (non-hydrogen) atoms. The Hall–Kier alpha value is -3.09. The second kappa shape index (κ2) is 6.38. The van der Waals surface area contributed by atoms with Crippen molar-refractivity contribution in [1.82, 2.24) is 4.98 Å². The maximum Gasteiger partial charge on any atom is 0.272 e. The first-order chi connectivity index (χ1) is 10.1. The molecule has 0 radical (unpaired) electrons. The van der Waals surface area contributed by atoms with Crippen LogP contribution in [0.4, 0.5) is 5.82 Å². The first kappa shape index (κ1) is 14.3. The number of benzene rings is 1. The number of hydrogen-bond donors (Lipinski definition) is 2. The first-order valence-electron chi connectivity index (χ1n) is 5.84. The molecule has 0 saturated carbocycles. The highest BCUT2D eigenvalue weighted by Gasteiger charge is 2.09. The van der Waals surface area contributed by atoms with Crippen molar-refractivity contribution in [2.24, 2.45) is 5.73 Å². The van der Waals surface area contributed by atoms with Crippen LogP contribution in [0.2, 0.25) is 0 Å². The highest BCUT2D eigenvalue weighted by molar-refractivity contribution is 7.10. The van der Waals surface area contributed by atoms with Gasteiger partial charge in [-0.1, -0.05) is 18.2 Å². The molecule has 102 valence electrons. The van der Waals surface area contributed by atoms with E-state index in [9.17, 15) is 4.79 Å². The minimum absolute atomic E-state index is 0.0204. The highest BCUT2D eigenvalue weighted by atomic mass is 32.1. The fraction of sp³-hybridized carbons (Fsp3) is 0. The van der Waals surface area contributed by atoms with Crippen LogP contribution >= 0.6 is 11.3 Å². The summed E-state index contributed by atoms with van der Waals surface area (Å²) in [6, 6.07) is 8.89.